The van der Waals surface area contributed by atoms with E-state index in [4.69, 9.17) is 4.74 Å². The summed E-state index contributed by atoms with van der Waals surface area (Å²) in [4.78, 5) is 14.6. The molecule has 0 bridgehead atoms. The number of piperidine rings is 1. The quantitative estimate of drug-likeness (QED) is 0.350. The monoisotopic (exact) mass is 520 g/mol. The Kier molecular flexibility index (Phi) is 12.1. The summed E-state index contributed by atoms with van der Waals surface area (Å²) >= 11 is 0. The Morgan fingerprint density at radius 1 is 0.919 bits per heavy atom. The number of amides is 1. The number of nitrogens with zero attached hydrogens (tertiary/aromatic N) is 1. The minimum absolute atomic E-state index is 0.269. The molecule has 1 amide bonds. The minimum Gasteiger partial charge on any atom is -0.381 e. The summed E-state index contributed by atoms with van der Waals surface area (Å²) in [6.45, 7) is 22.9. The molecule has 0 spiro atoms. The summed E-state index contributed by atoms with van der Waals surface area (Å²) in [5, 5.41) is 0. The van der Waals surface area contributed by atoms with E-state index in [1.54, 1.807) is 0 Å². The normalized spacial score (nSPS) is 39.6. The number of hydrogen-bond donors (Lipinski definition) is 0. The highest BCUT2D eigenvalue weighted by molar-refractivity contribution is 5.77. The van der Waals surface area contributed by atoms with Crippen molar-refractivity contribution in [3.05, 3.63) is 0 Å². The molecule has 0 radical (unpaired) electrons. The number of rotatable bonds is 6. The summed E-state index contributed by atoms with van der Waals surface area (Å²) in [6, 6.07) is 0.358. The maximum Gasteiger partial charge on any atom is 0.222 e. The standard InChI is InChI=1S/C28H49NO2.C4H10.C2H6/c1-18(2)9-8-10-19(3)20-11-12-21-26-22(13-15-27(20,21)4)28(5)16-14-25(30)29(6)24(28)17-23(26)31-7;1-4(2)3;1-2/h18-24,26H,8-17H2,1-7H3;4H,1-3H3;1-2H3/t19?,20?,21?,22?,23?,24?,26?,27?,28-;;/m1../s1. The molecule has 9 atom stereocenters. The molecule has 0 aromatic heterocycles. The summed E-state index contributed by atoms with van der Waals surface area (Å²) < 4.78 is 6.24. The molecule has 0 aromatic rings. The minimum atomic E-state index is 0.269. The van der Waals surface area contributed by atoms with Crippen LogP contribution in [0.2, 0.25) is 0 Å². The average molecular weight is 520 g/mol. The van der Waals surface area contributed by atoms with Gasteiger partial charge in [0.1, 0.15) is 0 Å². The molecule has 8 unspecified atom stereocenters. The topological polar surface area (TPSA) is 29.5 Å². The van der Waals surface area contributed by atoms with Gasteiger partial charge in [-0.25, -0.2) is 0 Å². The van der Waals surface area contributed by atoms with Crippen LogP contribution in [-0.2, 0) is 9.53 Å². The van der Waals surface area contributed by atoms with Crippen LogP contribution in [0.25, 0.3) is 0 Å². The van der Waals surface area contributed by atoms with E-state index < -0.39 is 0 Å². The molecule has 218 valence electrons. The molecule has 0 N–H and O–H groups in total. The van der Waals surface area contributed by atoms with Crippen molar-refractivity contribution in [1.82, 2.24) is 4.90 Å². The Bertz CT molecular complexity index is 701. The zero-order valence-corrected chi connectivity index (χ0v) is 27.0. The van der Waals surface area contributed by atoms with Crippen molar-refractivity contribution in [2.75, 3.05) is 14.2 Å². The molecule has 4 fully saturated rings. The fraction of sp³-hybridized carbons (Fsp3) is 0.971. The first-order chi connectivity index (χ1) is 17.4. The van der Waals surface area contributed by atoms with E-state index in [1.807, 2.05) is 21.0 Å². The van der Waals surface area contributed by atoms with E-state index in [1.165, 1.54) is 44.9 Å². The molecule has 3 heteroatoms. The number of likely N-dealkylation sites (tertiary alicyclic amines) is 1. The van der Waals surface area contributed by atoms with Crippen molar-refractivity contribution in [3.63, 3.8) is 0 Å². The van der Waals surface area contributed by atoms with Crippen LogP contribution in [0.15, 0.2) is 0 Å². The Balaban J connectivity index is 0.000000733. The third-order valence-corrected chi connectivity index (χ3v) is 11.1. The Labute approximate surface area is 232 Å². The number of fused-ring (bicyclic) bond motifs is 5. The lowest BCUT2D eigenvalue weighted by molar-refractivity contribution is -0.186. The zero-order chi connectivity index (χ0) is 28.1. The number of carbonyl (C=O) groups is 1. The van der Waals surface area contributed by atoms with Crippen molar-refractivity contribution >= 4 is 5.91 Å². The van der Waals surface area contributed by atoms with E-state index in [0.717, 1.165) is 48.9 Å². The maximum atomic E-state index is 12.5. The number of carbonyl (C=O) groups excluding carboxylic acids is 1. The molecule has 3 nitrogen and oxygen atoms in total. The van der Waals surface area contributed by atoms with Crippen molar-refractivity contribution in [2.24, 2.45) is 52.3 Å². The van der Waals surface area contributed by atoms with Gasteiger partial charge in [0.2, 0.25) is 5.91 Å². The largest absolute Gasteiger partial charge is 0.381 e. The van der Waals surface area contributed by atoms with Gasteiger partial charge in [0.15, 0.2) is 0 Å². The molecule has 1 saturated heterocycles. The first-order valence-corrected chi connectivity index (χ1v) is 16.1. The molecule has 3 saturated carbocycles. The van der Waals surface area contributed by atoms with Gasteiger partial charge in [0, 0.05) is 26.6 Å². The van der Waals surface area contributed by atoms with Crippen molar-refractivity contribution < 1.29 is 9.53 Å². The van der Waals surface area contributed by atoms with Gasteiger partial charge in [-0.3, -0.25) is 4.79 Å². The van der Waals surface area contributed by atoms with Crippen LogP contribution in [0.4, 0.5) is 0 Å². The molecular formula is C34H65NO2. The third kappa shape index (κ3) is 6.78. The van der Waals surface area contributed by atoms with Crippen LogP contribution in [0.5, 0.6) is 0 Å². The Hall–Kier alpha value is -0.570. The van der Waals surface area contributed by atoms with Crippen molar-refractivity contribution in [1.29, 1.82) is 0 Å². The van der Waals surface area contributed by atoms with Gasteiger partial charge in [-0.05, 0) is 90.8 Å². The van der Waals surface area contributed by atoms with Crippen molar-refractivity contribution in [3.8, 4) is 0 Å². The van der Waals surface area contributed by atoms with Gasteiger partial charge in [-0.1, -0.05) is 88.5 Å². The molecule has 1 aliphatic heterocycles. The second kappa shape index (κ2) is 13.7. The first-order valence-electron chi connectivity index (χ1n) is 16.1. The summed E-state index contributed by atoms with van der Waals surface area (Å²) in [7, 11) is 3.98. The van der Waals surface area contributed by atoms with Crippen LogP contribution in [-0.4, -0.2) is 37.1 Å². The lowest BCUT2D eigenvalue weighted by atomic mass is 9.45. The molecule has 1 heterocycles. The van der Waals surface area contributed by atoms with Gasteiger partial charge in [-0.15, -0.1) is 0 Å². The zero-order valence-electron chi connectivity index (χ0n) is 27.0. The lowest BCUT2D eigenvalue weighted by Crippen LogP contribution is -2.65. The maximum absolute atomic E-state index is 12.5. The van der Waals surface area contributed by atoms with Crippen LogP contribution in [0.1, 0.15) is 133 Å². The highest BCUT2D eigenvalue weighted by Crippen LogP contribution is 2.67. The molecule has 37 heavy (non-hydrogen) atoms. The molecule has 4 aliphatic rings. The smallest absolute Gasteiger partial charge is 0.222 e. The first kappa shape index (κ1) is 32.6. The van der Waals surface area contributed by atoms with Crippen LogP contribution >= 0.6 is 0 Å². The molecule has 3 aliphatic carbocycles. The van der Waals surface area contributed by atoms with E-state index in [0.29, 0.717) is 35.3 Å². The number of methoxy groups -OCH3 is 1. The van der Waals surface area contributed by atoms with Crippen LogP contribution in [0, 0.1) is 52.3 Å². The number of hydrogen-bond acceptors (Lipinski definition) is 2. The van der Waals surface area contributed by atoms with Crippen LogP contribution < -0.4 is 0 Å². The predicted molar refractivity (Wildman–Crippen MR) is 160 cm³/mol. The second-order valence-corrected chi connectivity index (χ2v) is 14.6. The predicted octanol–water partition coefficient (Wildman–Crippen LogP) is 9.24. The highest BCUT2D eigenvalue weighted by atomic mass is 16.5. The molecule has 0 aromatic carbocycles. The summed E-state index contributed by atoms with van der Waals surface area (Å²) in [5.74, 6) is 5.91. The van der Waals surface area contributed by atoms with Gasteiger partial charge in [0.05, 0.1) is 6.10 Å². The molecular weight excluding hydrogens is 454 g/mol. The Morgan fingerprint density at radius 2 is 1.51 bits per heavy atom. The SMILES string of the molecule is CC.CC(C)C.COC1CC2N(C)C(=O)CC[C@]2(C)C2CCC3(C)C(C(C)CCCC(C)C)CCC3C12. The number of ether oxygens (including phenoxy) is 1. The van der Waals surface area contributed by atoms with Crippen molar-refractivity contribution in [2.45, 2.75) is 146 Å². The summed E-state index contributed by atoms with van der Waals surface area (Å²) in [6.07, 6.45) is 12.9. The fourth-order valence-corrected chi connectivity index (χ4v) is 9.33. The van der Waals surface area contributed by atoms with Gasteiger partial charge in [0.25, 0.3) is 0 Å². The van der Waals surface area contributed by atoms with E-state index in [9.17, 15) is 4.79 Å². The van der Waals surface area contributed by atoms with Gasteiger partial charge in [-0.2, -0.15) is 0 Å². The van der Waals surface area contributed by atoms with Gasteiger partial charge >= 0.3 is 0 Å². The Morgan fingerprint density at radius 3 is 2.08 bits per heavy atom. The molecule has 4 rings (SSSR count). The van der Waals surface area contributed by atoms with Crippen LogP contribution in [0.3, 0.4) is 0 Å². The highest BCUT2D eigenvalue weighted by Gasteiger charge is 2.64. The summed E-state index contributed by atoms with van der Waals surface area (Å²) in [5.41, 5.74) is 0.749. The van der Waals surface area contributed by atoms with E-state index in [2.05, 4.69) is 67.3 Å². The van der Waals surface area contributed by atoms with E-state index in [-0.39, 0.29) is 5.41 Å². The second-order valence-electron chi connectivity index (χ2n) is 14.6. The fourth-order valence-electron chi connectivity index (χ4n) is 9.33. The average Bonchev–Trinajstić information content (AvgIpc) is 3.19. The lowest BCUT2D eigenvalue weighted by Gasteiger charge is -2.63. The van der Waals surface area contributed by atoms with E-state index >= 15 is 0 Å². The third-order valence-electron chi connectivity index (χ3n) is 11.1. The van der Waals surface area contributed by atoms with Gasteiger partial charge < -0.3 is 9.64 Å².